The maximum absolute atomic E-state index is 12.7. The third-order valence-corrected chi connectivity index (χ3v) is 5.05. The van der Waals surface area contributed by atoms with Gasteiger partial charge < -0.3 is 18.9 Å². The molecule has 1 aromatic rings. The molecule has 0 bridgehead atoms. The Bertz CT molecular complexity index is 866. The number of benzene rings is 1. The summed E-state index contributed by atoms with van der Waals surface area (Å²) in [6.07, 6.45) is 1.76. The van der Waals surface area contributed by atoms with E-state index >= 15 is 0 Å². The van der Waals surface area contributed by atoms with Crippen LogP contribution in [0.1, 0.15) is 25.8 Å². The fourth-order valence-corrected chi connectivity index (χ4v) is 3.23. The SMILES string of the molecule is CC[C@@H](C)OC(=O)CN1C(=O)S/C(=C/c2cccc(OC)c2OCC(=O)OC)C1=O. The Morgan fingerprint density at radius 1 is 1.20 bits per heavy atom. The summed E-state index contributed by atoms with van der Waals surface area (Å²) < 4.78 is 20.4. The largest absolute Gasteiger partial charge is 0.493 e. The van der Waals surface area contributed by atoms with E-state index in [-0.39, 0.29) is 23.4 Å². The minimum absolute atomic E-state index is 0.104. The number of nitrogens with zero attached hydrogens (tertiary/aromatic N) is 1. The van der Waals surface area contributed by atoms with E-state index in [1.54, 1.807) is 25.1 Å². The highest BCUT2D eigenvalue weighted by Crippen LogP contribution is 2.37. The third kappa shape index (κ3) is 5.76. The van der Waals surface area contributed by atoms with E-state index in [1.807, 2.05) is 6.92 Å². The van der Waals surface area contributed by atoms with Gasteiger partial charge in [0.25, 0.3) is 11.1 Å². The van der Waals surface area contributed by atoms with Gasteiger partial charge in [-0.15, -0.1) is 0 Å². The van der Waals surface area contributed by atoms with Gasteiger partial charge in [0, 0.05) is 5.56 Å². The molecule has 0 saturated carbocycles. The molecule has 0 N–H and O–H groups in total. The lowest BCUT2D eigenvalue weighted by molar-refractivity contribution is -0.150. The van der Waals surface area contributed by atoms with E-state index in [4.69, 9.17) is 14.2 Å². The van der Waals surface area contributed by atoms with Crippen molar-refractivity contribution in [2.75, 3.05) is 27.4 Å². The van der Waals surface area contributed by atoms with Gasteiger partial charge in [0.1, 0.15) is 6.54 Å². The zero-order valence-corrected chi connectivity index (χ0v) is 17.9. The second-order valence-electron chi connectivity index (χ2n) is 6.22. The van der Waals surface area contributed by atoms with Crippen molar-refractivity contribution in [1.29, 1.82) is 0 Å². The summed E-state index contributed by atoms with van der Waals surface area (Å²) in [7, 11) is 2.66. The number of hydrogen-bond acceptors (Lipinski definition) is 9. The van der Waals surface area contributed by atoms with Crippen molar-refractivity contribution in [3.63, 3.8) is 0 Å². The van der Waals surface area contributed by atoms with Crippen LogP contribution in [0.5, 0.6) is 11.5 Å². The molecule has 1 saturated heterocycles. The first kappa shape index (κ1) is 23.3. The minimum Gasteiger partial charge on any atom is -0.493 e. The lowest BCUT2D eigenvalue weighted by Crippen LogP contribution is -2.35. The van der Waals surface area contributed by atoms with E-state index in [0.29, 0.717) is 29.5 Å². The van der Waals surface area contributed by atoms with Crippen LogP contribution in [0.2, 0.25) is 0 Å². The van der Waals surface area contributed by atoms with E-state index in [2.05, 4.69) is 4.74 Å². The van der Waals surface area contributed by atoms with Crippen LogP contribution >= 0.6 is 11.8 Å². The Morgan fingerprint density at radius 3 is 2.57 bits per heavy atom. The highest BCUT2D eigenvalue weighted by Gasteiger charge is 2.37. The van der Waals surface area contributed by atoms with Crippen molar-refractivity contribution in [3.05, 3.63) is 28.7 Å². The molecule has 30 heavy (non-hydrogen) atoms. The van der Waals surface area contributed by atoms with Crippen molar-refractivity contribution in [2.45, 2.75) is 26.4 Å². The quantitative estimate of drug-likeness (QED) is 0.425. The highest BCUT2D eigenvalue weighted by atomic mass is 32.2. The summed E-state index contributed by atoms with van der Waals surface area (Å²) in [6, 6.07) is 4.93. The molecule has 1 aliphatic rings. The number of amides is 2. The molecule has 2 rings (SSSR count). The summed E-state index contributed by atoms with van der Waals surface area (Å²) in [5.74, 6) is -1.31. The molecule has 0 radical (unpaired) electrons. The van der Waals surface area contributed by atoms with Gasteiger partial charge in [-0.05, 0) is 37.2 Å². The molecule has 0 spiro atoms. The second-order valence-corrected chi connectivity index (χ2v) is 7.21. The maximum Gasteiger partial charge on any atom is 0.343 e. The van der Waals surface area contributed by atoms with Crippen LogP contribution in [0.3, 0.4) is 0 Å². The summed E-state index contributed by atoms with van der Waals surface area (Å²) in [4.78, 5) is 49.2. The number of thioether (sulfide) groups is 1. The zero-order valence-electron chi connectivity index (χ0n) is 17.1. The molecule has 1 aliphatic heterocycles. The molecule has 10 heteroatoms. The molecule has 1 fully saturated rings. The van der Waals surface area contributed by atoms with Crippen LogP contribution < -0.4 is 9.47 Å². The summed E-state index contributed by atoms with van der Waals surface area (Å²) in [5, 5.41) is -0.577. The number of hydrogen-bond donors (Lipinski definition) is 0. The Morgan fingerprint density at radius 2 is 1.93 bits per heavy atom. The van der Waals surface area contributed by atoms with E-state index in [0.717, 1.165) is 4.90 Å². The summed E-state index contributed by atoms with van der Waals surface area (Å²) in [5.41, 5.74) is 0.422. The molecule has 162 valence electrons. The Hall–Kier alpha value is -3.01. The first-order valence-electron chi connectivity index (χ1n) is 9.12. The topological polar surface area (TPSA) is 108 Å². The smallest absolute Gasteiger partial charge is 0.343 e. The minimum atomic E-state index is -0.656. The average Bonchev–Trinajstić information content (AvgIpc) is 2.99. The summed E-state index contributed by atoms with van der Waals surface area (Å²) in [6.45, 7) is 2.76. The van der Waals surface area contributed by atoms with Gasteiger partial charge in [0.15, 0.2) is 18.1 Å². The number of rotatable bonds is 9. The Kier molecular flexibility index (Phi) is 8.28. The zero-order chi connectivity index (χ0) is 22.3. The Balaban J connectivity index is 2.24. The molecule has 9 nitrogen and oxygen atoms in total. The molecule has 2 amide bonds. The first-order chi connectivity index (χ1) is 14.3. The molecule has 1 atom stereocenters. The number of carbonyl (C=O) groups excluding carboxylic acids is 4. The van der Waals surface area contributed by atoms with Gasteiger partial charge >= 0.3 is 11.9 Å². The number of carbonyl (C=O) groups is 4. The Labute approximate surface area is 178 Å². The summed E-state index contributed by atoms with van der Waals surface area (Å²) >= 11 is 0.697. The van der Waals surface area contributed by atoms with Crippen LogP contribution in [0.15, 0.2) is 23.1 Å². The number of esters is 2. The lowest BCUT2D eigenvalue weighted by Gasteiger charge is -2.15. The van der Waals surface area contributed by atoms with Crippen molar-refractivity contribution < 1.29 is 38.1 Å². The highest BCUT2D eigenvalue weighted by molar-refractivity contribution is 8.18. The van der Waals surface area contributed by atoms with Gasteiger partial charge in [0.05, 0.1) is 25.2 Å². The van der Waals surface area contributed by atoms with Gasteiger partial charge in [0.2, 0.25) is 0 Å². The van der Waals surface area contributed by atoms with Crippen LogP contribution in [-0.4, -0.2) is 61.5 Å². The standard InChI is InChI=1S/C20H23NO8S/c1-5-12(2)29-16(22)10-21-19(24)15(30-20(21)25)9-13-7-6-8-14(26-3)18(13)28-11-17(23)27-4/h6-9,12H,5,10-11H2,1-4H3/b15-9+/t12-/m1/s1. The third-order valence-electron chi connectivity index (χ3n) is 4.15. The first-order valence-corrected chi connectivity index (χ1v) is 9.93. The van der Waals surface area contributed by atoms with Crippen LogP contribution in [0, 0.1) is 0 Å². The molecule has 0 unspecified atom stereocenters. The van der Waals surface area contributed by atoms with Crippen molar-refractivity contribution >= 4 is 40.9 Å². The van der Waals surface area contributed by atoms with E-state index in [9.17, 15) is 19.2 Å². The van der Waals surface area contributed by atoms with Gasteiger partial charge in [-0.1, -0.05) is 19.1 Å². The fraction of sp³-hybridized carbons (Fsp3) is 0.400. The van der Waals surface area contributed by atoms with Gasteiger partial charge in [-0.25, -0.2) is 4.79 Å². The number of para-hydroxylation sites is 1. The van der Waals surface area contributed by atoms with E-state index in [1.165, 1.54) is 20.3 Å². The van der Waals surface area contributed by atoms with Crippen molar-refractivity contribution in [3.8, 4) is 11.5 Å². The normalized spacial score (nSPS) is 15.9. The van der Waals surface area contributed by atoms with E-state index < -0.39 is 29.6 Å². The predicted octanol–water partition coefficient (Wildman–Crippen LogP) is 2.63. The monoisotopic (exact) mass is 437 g/mol. The van der Waals surface area contributed by atoms with Crippen LogP contribution in [-0.2, 0) is 23.9 Å². The number of methoxy groups -OCH3 is 2. The molecule has 1 heterocycles. The average molecular weight is 437 g/mol. The van der Waals surface area contributed by atoms with Crippen LogP contribution in [0.25, 0.3) is 6.08 Å². The van der Waals surface area contributed by atoms with Gasteiger partial charge in [-0.3, -0.25) is 19.3 Å². The fourth-order valence-electron chi connectivity index (χ4n) is 2.40. The molecule has 1 aromatic carbocycles. The molecule has 0 aliphatic carbocycles. The molecular formula is C20H23NO8S. The lowest BCUT2D eigenvalue weighted by atomic mass is 10.1. The van der Waals surface area contributed by atoms with Crippen molar-refractivity contribution in [1.82, 2.24) is 4.90 Å². The predicted molar refractivity (Wildman–Crippen MR) is 109 cm³/mol. The number of ether oxygens (including phenoxy) is 4. The molecule has 0 aromatic heterocycles. The van der Waals surface area contributed by atoms with Crippen LogP contribution in [0.4, 0.5) is 4.79 Å². The number of imide groups is 1. The van der Waals surface area contributed by atoms with Gasteiger partial charge in [-0.2, -0.15) is 0 Å². The molecular weight excluding hydrogens is 414 g/mol. The second kappa shape index (κ2) is 10.7. The maximum atomic E-state index is 12.7. The van der Waals surface area contributed by atoms with Crippen molar-refractivity contribution in [2.24, 2.45) is 0 Å².